The molecule has 0 radical (unpaired) electrons. The van der Waals surface area contributed by atoms with Crippen LogP contribution >= 0.6 is 0 Å². The van der Waals surface area contributed by atoms with E-state index < -0.39 is 11.7 Å². The second-order valence-electron chi connectivity index (χ2n) is 6.05. The minimum Gasteiger partial charge on any atom is -0.467 e. The lowest BCUT2D eigenvalue weighted by Crippen LogP contribution is -2.07. The predicted octanol–water partition coefficient (Wildman–Crippen LogP) is 5.60. The average Bonchev–Trinajstić information content (AvgIpc) is 3.19. The molecule has 0 bridgehead atoms. The molecule has 0 atom stereocenters. The Morgan fingerprint density at radius 1 is 0.929 bits per heavy atom. The maximum atomic E-state index is 12.9. The smallest absolute Gasteiger partial charge is 0.416 e. The van der Waals surface area contributed by atoms with E-state index in [1.807, 2.05) is 30.3 Å². The average molecular weight is 384 g/mol. The minimum absolute atomic E-state index is 0.194. The summed E-state index contributed by atoms with van der Waals surface area (Å²) in [7, 11) is 0. The highest BCUT2D eigenvalue weighted by atomic mass is 19.4. The molecule has 0 spiro atoms. The summed E-state index contributed by atoms with van der Waals surface area (Å²) in [5, 5.41) is 6.84. The van der Waals surface area contributed by atoms with Crippen LogP contribution in [0, 0.1) is 0 Å². The number of furan rings is 1. The largest absolute Gasteiger partial charge is 0.467 e. The lowest BCUT2D eigenvalue weighted by atomic mass is 10.2. The Hall–Kier alpha value is -3.55. The maximum absolute atomic E-state index is 12.9. The first kappa shape index (κ1) is 17.8. The van der Waals surface area contributed by atoms with E-state index >= 15 is 0 Å². The van der Waals surface area contributed by atoms with Crippen molar-refractivity contribution in [1.82, 2.24) is 9.97 Å². The molecule has 8 heteroatoms. The lowest BCUT2D eigenvalue weighted by Gasteiger charge is -2.12. The van der Waals surface area contributed by atoms with Crippen molar-refractivity contribution in [2.75, 3.05) is 10.6 Å². The highest BCUT2D eigenvalue weighted by Crippen LogP contribution is 2.31. The van der Waals surface area contributed by atoms with Gasteiger partial charge in [0.1, 0.15) is 11.6 Å². The number of fused-ring (bicyclic) bond motifs is 1. The van der Waals surface area contributed by atoms with Crippen molar-refractivity contribution in [3.05, 3.63) is 78.3 Å². The van der Waals surface area contributed by atoms with Gasteiger partial charge in [-0.1, -0.05) is 18.2 Å². The molecular formula is C20H15F3N4O. The van der Waals surface area contributed by atoms with Gasteiger partial charge in [-0.25, -0.2) is 4.98 Å². The first-order valence-corrected chi connectivity index (χ1v) is 8.46. The Balaban J connectivity index is 1.66. The summed E-state index contributed by atoms with van der Waals surface area (Å²) in [5.41, 5.74) is 0.172. The van der Waals surface area contributed by atoms with Crippen molar-refractivity contribution in [2.24, 2.45) is 0 Å². The van der Waals surface area contributed by atoms with E-state index in [1.54, 1.807) is 12.3 Å². The molecule has 0 amide bonds. The van der Waals surface area contributed by atoms with Gasteiger partial charge in [0, 0.05) is 11.1 Å². The van der Waals surface area contributed by atoms with Gasteiger partial charge in [-0.15, -0.1) is 0 Å². The molecule has 2 N–H and O–H groups in total. The number of hydrogen-bond donors (Lipinski definition) is 2. The first-order chi connectivity index (χ1) is 13.5. The molecule has 142 valence electrons. The fourth-order valence-electron chi connectivity index (χ4n) is 2.75. The standard InChI is InChI=1S/C20H15F3N4O/c21-20(22,23)13-5-3-6-14(11-13)25-19-26-17-9-2-1-8-16(17)18(27-19)24-12-15-7-4-10-28-15/h1-11H,12H2,(H2,24,25,26,27). The summed E-state index contributed by atoms with van der Waals surface area (Å²) in [4.78, 5) is 8.83. The number of para-hydroxylation sites is 1. The molecule has 0 unspecified atom stereocenters. The van der Waals surface area contributed by atoms with Gasteiger partial charge in [0.25, 0.3) is 0 Å². The molecular weight excluding hydrogens is 369 g/mol. The molecule has 0 saturated carbocycles. The Morgan fingerprint density at radius 2 is 1.79 bits per heavy atom. The third-order valence-electron chi connectivity index (χ3n) is 4.06. The van der Waals surface area contributed by atoms with Crippen LogP contribution in [-0.2, 0) is 12.7 Å². The highest BCUT2D eigenvalue weighted by Gasteiger charge is 2.30. The van der Waals surface area contributed by atoms with Crippen molar-refractivity contribution in [3.63, 3.8) is 0 Å². The van der Waals surface area contributed by atoms with Crippen LogP contribution in [-0.4, -0.2) is 9.97 Å². The maximum Gasteiger partial charge on any atom is 0.416 e. The van der Waals surface area contributed by atoms with E-state index in [0.717, 1.165) is 23.3 Å². The van der Waals surface area contributed by atoms with E-state index in [0.29, 0.717) is 17.9 Å². The SMILES string of the molecule is FC(F)(F)c1cccc(Nc2nc(NCc3ccco3)c3ccccc3n2)c1. The highest BCUT2D eigenvalue weighted by molar-refractivity contribution is 5.90. The summed E-state index contributed by atoms with van der Waals surface area (Å²) in [6.45, 7) is 0.414. The second-order valence-corrected chi connectivity index (χ2v) is 6.05. The molecule has 4 aromatic rings. The quantitative estimate of drug-likeness (QED) is 0.469. The number of rotatable bonds is 5. The van der Waals surface area contributed by atoms with Crippen LogP contribution in [0.3, 0.4) is 0 Å². The van der Waals surface area contributed by atoms with Gasteiger partial charge in [0.2, 0.25) is 5.95 Å². The molecule has 2 aromatic carbocycles. The lowest BCUT2D eigenvalue weighted by molar-refractivity contribution is -0.137. The molecule has 0 fully saturated rings. The van der Waals surface area contributed by atoms with E-state index in [4.69, 9.17) is 4.42 Å². The molecule has 2 aromatic heterocycles. The third-order valence-corrected chi connectivity index (χ3v) is 4.06. The molecule has 5 nitrogen and oxygen atoms in total. The van der Waals surface area contributed by atoms with Gasteiger partial charge in [0.05, 0.1) is 23.9 Å². The number of nitrogens with one attached hydrogen (secondary N) is 2. The molecule has 0 aliphatic heterocycles. The molecule has 2 heterocycles. The zero-order valence-corrected chi connectivity index (χ0v) is 14.5. The zero-order valence-electron chi connectivity index (χ0n) is 14.5. The second kappa shape index (κ2) is 7.22. The monoisotopic (exact) mass is 384 g/mol. The van der Waals surface area contributed by atoms with Gasteiger partial charge < -0.3 is 15.1 Å². The van der Waals surface area contributed by atoms with Gasteiger partial charge in [-0.3, -0.25) is 0 Å². The fourth-order valence-corrected chi connectivity index (χ4v) is 2.75. The summed E-state index contributed by atoms with van der Waals surface area (Å²) >= 11 is 0. The van der Waals surface area contributed by atoms with Crippen LogP contribution in [0.1, 0.15) is 11.3 Å². The van der Waals surface area contributed by atoms with Crippen LogP contribution in [0.5, 0.6) is 0 Å². The summed E-state index contributed by atoms with van der Waals surface area (Å²) < 4.78 is 44.1. The van der Waals surface area contributed by atoms with Crippen LogP contribution < -0.4 is 10.6 Å². The first-order valence-electron chi connectivity index (χ1n) is 8.46. The van der Waals surface area contributed by atoms with E-state index in [2.05, 4.69) is 20.6 Å². The molecule has 28 heavy (non-hydrogen) atoms. The normalized spacial score (nSPS) is 11.5. The molecule has 0 aliphatic rings. The number of aromatic nitrogens is 2. The Kier molecular flexibility index (Phi) is 4.60. The van der Waals surface area contributed by atoms with Crippen molar-refractivity contribution >= 4 is 28.4 Å². The Labute approximate surface area is 158 Å². The minimum atomic E-state index is -4.42. The molecule has 4 rings (SSSR count). The fraction of sp³-hybridized carbons (Fsp3) is 0.100. The number of nitrogens with zero attached hydrogens (tertiary/aromatic N) is 2. The van der Waals surface area contributed by atoms with Crippen molar-refractivity contribution in [3.8, 4) is 0 Å². The summed E-state index contributed by atoms with van der Waals surface area (Å²) in [5.74, 6) is 1.48. The van der Waals surface area contributed by atoms with Crippen LogP contribution in [0.2, 0.25) is 0 Å². The van der Waals surface area contributed by atoms with Crippen LogP contribution in [0.4, 0.5) is 30.6 Å². The van der Waals surface area contributed by atoms with Crippen LogP contribution in [0.25, 0.3) is 10.9 Å². The number of benzene rings is 2. The van der Waals surface area contributed by atoms with E-state index in [-0.39, 0.29) is 11.6 Å². The summed E-state index contributed by atoms with van der Waals surface area (Å²) in [6, 6.07) is 15.9. The van der Waals surface area contributed by atoms with Gasteiger partial charge in [-0.05, 0) is 42.5 Å². The topological polar surface area (TPSA) is 63.0 Å². The Morgan fingerprint density at radius 3 is 2.57 bits per heavy atom. The van der Waals surface area contributed by atoms with Gasteiger partial charge >= 0.3 is 6.18 Å². The van der Waals surface area contributed by atoms with Crippen LogP contribution in [0.15, 0.2) is 71.3 Å². The van der Waals surface area contributed by atoms with E-state index in [1.165, 1.54) is 12.1 Å². The Bertz CT molecular complexity index is 1090. The van der Waals surface area contributed by atoms with E-state index in [9.17, 15) is 13.2 Å². The van der Waals surface area contributed by atoms with Gasteiger partial charge in [-0.2, -0.15) is 18.2 Å². The van der Waals surface area contributed by atoms with Crippen molar-refractivity contribution < 1.29 is 17.6 Å². The summed E-state index contributed by atoms with van der Waals surface area (Å²) in [6.07, 6.45) is -2.84. The number of anilines is 3. The van der Waals surface area contributed by atoms with Crippen molar-refractivity contribution in [1.29, 1.82) is 0 Å². The third kappa shape index (κ3) is 3.90. The zero-order chi connectivity index (χ0) is 19.6. The number of hydrogen-bond acceptors (Lipinski definition) is 5. The number of halogens is 3. The predicted molar refractivity (Wildman–Crippen MR) is 100 cm³/mol. The molecule has 0 saturated heterocycles. The van der Waals surface area contributed by atoms with Gasteiger partial charge in [0.15, 0.2) is 0 Å². The van der Waals surface area contributed by atoms with Crippen molar-refractivity contribution in [2.45, 2.75) is 12.7 Å². The molecule has 0 aliphatic carbocycles. The number of alkyl halides is 3.